The summed E-state index contributed by atoms with van der Waals surface area (Å²) in [5, 5.41) is 13.6. The molecule has 0 radical (unpaired) electrons. The first-order valence-electron chi connectivity index (χ1n) is 7.46. The van der Waals surface area contributed by atoms with Gasteiger partial charge in [0.15, 0.2) is 11.6 Å². The highest BCUT2D eigenvalue weighted by Crippen LogP contribution is 2.19. The van der Waals surface area contributed by atoms with Crippen LogP contribution in [0.15, 0.2) is 60.7 Å². The number of nitrogens with zero attached hydrogens (tertiary/aromatic N) is 2. The largest absolute Gasteiger partial charge is 0.496 e. The van der Waals surface area contributed by atoms with E-state index in [1.165, 1.54) is 19.2 Å². The van der Waals surface area contributed by atoms with Crippen LogP contribution in [0.5, 0.6) is 5.75 Å². The molecule has 6 nitrogen and oxygen atoms in total. The molecule has 2 aromatic carbocycles. The van der Waals surface area contributed by atoms with Gasteiger partial charge in [0.05, 0.1) is 12.7 Å². The smallest absolute Gasteiger partial charge is 0.260 e. The quantitative estimate of drug-likeness (QED) is 0.743. The van der Waals surface area contributed by atoms with Crippen molar-refractivity contribution in [3.63, 3.8) is 0 Å². The Morgan fingerprint density at radius 2 is 1.64 bits per heavy atom. The summed E-state index contributed by atoms with van der Waals surface area (Å²) < 4.78 is 18.1. The third-order valence-electron chi connectivity index (χ3n) is 3.37. The van der Waals surface area contributed by atoms with Crippen molar-refractivity contribution in [1.82, 2.24) is 10.2 Å². The van der Waals surface area contributed by atoms with Crippen LogP contribution in [0.3, 0.4) is 0 Å². The summed E-state index contributed by atoms with van der Waals surface area (Å²) in [6.45, 7) is 0. The molecular weight excluding hydrogens is 323 g/mol. The lowest BCUT2D eigenvalue weighted by Crippen LogP contribution is -2.14. The summed E-state index contributed by atoms with van der Waals surface area (Å²) in [6, 6.07) is 16.0. The number of para-hydroxylation sites is 1. The summed E-state index contributed by atoms with van der Waals surface area (Å²) in [5.74, 6) is 0.599. The standard InChI is InChI=1S/C18H15FN4O2/c1-25-15-5-3-2-4-14(15)18(24)21-17-11-10-16(22-23-17)20-13-8-6-12(19)7-9-13/h2-11H,1H3,(H,20,22)(H,21,23,24). The number of benzene rings is 2. The van der Waals surface area contributed by atoms with Crippen molar-refractivity contribution in [3.05, 3.63) is 72.0 Å². The molecule has 126 valence electrons. The Morgan fingerprint density at radius 1 is 0.960 bits per heavy atom. The number of hydrogen-bond donors (Lipinski definition) is 2. The molecule has 0 spiro atoms. The maximum Gasteiger partial charge on any atom is 0.260 e. The molecule has 3 aromatic rings. The summed E-state index contributed by atoms with van der Waals surface area (Å²) in [5.41, 5.74) is 1.09. The third-order valence-corrected chi connectivity index (χ3v) is 3.37. The highest BCUT2D eigenvalue weighted by atomic mass is 19.1. The van der Waals surface area contributed by atoms with E-state index in [0.717, 1.165) is 0 Å². The van der Waals surface area contributed by atoms with Crippen LogP contribution in [0.1, 0.15) is 10.4 Å². The Hall–Kier alpha value is -3.48. The molecule has 0 bridgehead atoms. The molecule has 7 heteroatoms. The molecule has 1 aromatic heterocycles. The molecule has 0 saturated heterocycles. The van der Waals surface area contributed by atoms with Crippen molar-refractivity contribution in [1.29, 1.82) is 0 Å². The van der Waals surface area contributed by atoms with Crippen LogP contribution in [-0.2, 0) is 0 Å². The topological polar surface area (TPSA) is 76.1 Å². The van der Waals surface area contributed by atoms with Gasteiger partial charge in [-0.25, -0.2) is 4.39 Å². The fourth-order valence-electron chi connectivity index (χ4n) is 2.16. The number of amides is 1. The summed E-state index contributed by atoms with van der Waals surface area (Å²) in [6.07, 6.45) is 0. The number of hydrogen-bond acceptors (Lipinski definition) is 5. The predicted octanol–water partition coefficient (Wildman–Crippen LogP) is 3.62. The molecule has 3 rings (SSSR count). The maximum absolute atomic E-state index is 12.9. The number of carbonyl (C=O) groups excluding carboxylic acids is 1. The minimum atomic E-state index is -0.342. The number of carbonyl (C=O) groups is 1. The number of ether oxygens (including phenoxy) is 1. The molecule has 0 aliphatic rings. The molecular formula is C18H15FN4O2. The van der Waals surface area contributed by atoms with Gasteiger partial charge >= 0.3 is 0 Å². The van der Waals surface area contributed by atoms with Crippen molar-refractivity contribution >= 4 is 23.2 Å². The van der Waals surface area contributed by atoms with Crippen LogP contribution in [0.2, 0.25) is 0 Å². The van der Waals surface area contributed by atoms with E-state index < -0.39 is 0 Å². The zero-order chi connectivity index (χ0) is 17.6. The van der Waals surface area contributed by atoms with E-state index in [9.17, 15) is 9.18 Å². The first-order chi connectivity index (χ1) is 12.2. The summed E-state index contributed by atoms with van der Waals surface area (Å²) in [4.78, 5) is 12.3. The van der Waals surface area contributed by atoms with Crippen LogP contribution < -0.4 is 15.4 Å². The van der Waals surface area contributed by atoms with Gasteiger partial charge in [0.1, 0.15) is 11.6 Å². The van der Waals surface area contributed by atoms with E-state index in [2.05, 4.69) is 20.8 Å². The van der Waals surface area contributed by atoms with Gasteiger partial charge in [-0.2, -0.15) is 0 Å². The lowest BCUT2D eigenvalue weighted by atomic mass is 10.2. The van der Waals surface area contributed by atoms with Crippen molar-refractivity contribution in [2.75, 3.05) is 17.7 Å². The normalized spacial score (nSPS) is 10.2. The number of aromatic nitrogens is 2. The van der Waals surface area contributed by atoms with Crippen LogP contribution in [0, 0.1) is 5.82 Å². The predicted molar refractivity (Wildman–Crippen MR) is 92.7 cm³/mol. The summed E-state index contributed by atoms with van der Waals surface area (Å²) in [7, 11) is 1.50. The molecule has 25 heavy (non-hydrogen) atoms. The number of nitrogens with one attached hydrogen (secondary N) is 2. The zero-order valence-corrected chi connectivity index (χ0v) is 13.4. The zero-order valence-electron chi connectivity index (χ0n) is 13.4. The monoisotopic (exact) mass is 338 g/mol. The molecule has 0 atom stereocenters. The van der Waals surface area contributed by atoms with Gasteiger partial charge in [-0.1, -0.05) is 12.1 Å². The van der Waals surface area contributed by atoms with E-state index in [1.54, 1.807) is 48.5 Å². The fourth-order valence-corrected chi connectivity index (χ4v) is 2.16. The number of methoxy groups -OCH3 is 1. The van der Waals surface area contributed by atoms with Gasteiger partial charge in [-0.3, -0.25) is 4.79 Å². The average Bonchev–Trinajstić information content (AvgIpc) is 2.65. The Bertz CT molecular complexity index is 867. The van der Waals surface area contributed by atoms with Gasteiger partial charge in [0.25, 0.3) is 5.91 Å². The van der Waals surface area contributed by atoms with Crippen LogP contribution in [0.4, 0.5) is 21.7 Å². The SMILES string of the molecule is COc1ccccc1C(=O)Nc1ccc(Nc2ccc(F)cc2)nn1. The van der Waals surface area contributed by atoms with Gasteiger partial charge in [-0.15, -0.1) is 10.2 Å². The minimum Gasteiger partial charge on any atom is -0.496 e. The Kier molecular flexibility index (Phi) is 4.84. The molecule has 0 aliphatic carbocycles. The van der Waals surface area contributed by atoms with Crippen molar-refractivity contribution in [3.8, 4) is 5.75 Å². The van der Waals surface area contributed by atoms with Crippen LogP contribution >= 0.6 is 0 Å². The van der Waals surface area contributed by atoms with Crippen LogP contribution in [-0.4, -0.2) is 23.2 Å². The van der Waals surface area contributed by atoms with Crippen molar-refractivity contribution in [2.45, 2.75) is 0 Å². The molecule has 0 aliphatic heterocycles. The highest BCUT2D eigenvalue weighted by molar-refractivity contribution is 6.05. The summed E-state index contributed by atoms with van der Waals surface area (Å²) >= 11 is 0. The molecule has 0 saturated carbocycles. The van der Waals surface area contributed by atoms with Gasteiger partial charge in [-0.05, 0) is 48.5 Å². The molecule has 2 N–H and O–H groups in total. The van der Waals surface area contributed by atoms with Crippen molar-refractivity contribution in [2.24, 2.45) is 0 Å². The van der Waals surface area contributed by atoms with E-state index in [0.29, 0.717) is 28.6 Å². The number of anilines is 3. The third kappa shape index (κ3) is 4.08. The van der Waals surface area contributed by atoms with E-state index in [-0.39, 0.29) is 11.7 Å². The Balaban J connectivity index is 1.68. The van der Waals surface area contributed by atoms with Gasteiger partial charge in [0.2, 0.25) is 0 Å². The minimum absolute atomic E-state index is 0.306. The lowest BCUT2D eigenvalue weighted by molar-refractivity contribution is 0.102. The number of rotatable bonds is 5. The molecule has 1 heterocycles. The lowest BCUT2D eigenvalue weighted by Gasteiger charge is -2.09. The first kappa shape index (κ1) is 16.4. The van der Waals surface area contributed by atoms with E-state index in [4.69, 9.17) is 4.74 Å². The van der Waals surface area contributed by atoms with Crippen molar-refractivity contribution < 1.29 is 13.9 Å². The fraction of sp³-hybridized carbons (Fsp3) is 0.0556. The molecule has 0 unspecified atom stereocenters. The first-order valence-corrected chi connectivity index (χ1v) is 7.46. The second kappa shape index (κ2) is 7.39. The Morgan fingerprint density at radius 3 is 2.32 bits per heavy atom. The van der Waals surface area contributed by atoms with Gasteiger partial charge in [0, 0.05) is 5.69 Å². The number of halogens is 1. The second-order valence-corrected chi connectivity index (χ2v) is 5.09. The van der Waals surface area contributed by atoms with Crippen LogP contribution in [0.25, 0.3) is 0 Å². The van der Waals surface area contributed by atoms with E-state index in [1.807, 2.05) is 0 Å². The molecule has 1 amide bonds. The molecule has 0 fully saturated rings. The maximum atomic E-state index is 12.9. The second-order valence-electron chi connectivity index (χ2n) is 5.09. The van der Waals surface area contributed by atoms with E-state index >= 15 is 0 Å². The average molecular weight is 338 g/mol. The highest BCUT2D eigenvalue weighted by Gasteiger charge is 2.12. The van der Waals surface area contributed by atoms with Gasteiger partial charge < -0.3 is 15.4 Å². The Labute approximate surface area is 143 Å².